The van der Waals surface area contributed by atoms with Crippen LogP contribution in [0, 0.1) is 17.8 Å². The summed E-state index contributed by atoms with van der Waals surface area (Å²) in [7, 11) is 0. The lowest BCUT2D eigenvalue weighted by molar-refractivity contribution is -0.153. The third-order valence-electron chi connectivity index (χ3n) is 4.99. The van der Waals surface area contributed by atoms with Crippen LogP contribution in [-0.2, 0) is 16.0 Å². The van der Waals surface area contributed by atoms with E-state index in [-0.39, 0.29) is 24.5 Å². The first-order chi connectivity index (χ1) is 11.0. The number of cyclic esters (lactones) is 1. The highest BCUT2D eigenvalue weighted by molar-refractivity contribution is 5.85. The van der Waals surface area contributed by atoms with Crippen molar-refractivity contribution in [3.63, 3.8) is 0 Å². The second kappa shape index (κ2) is 10.0. The first kappa shape index (κ1) is 21.0. The maximum absolute atomic E-state index is 12.1. The van der Waals surface area contributed by atoms with Crippen LogP contribution < -0.4 is 5.73 Å². The predicted molar refractivity (Wildman–Crippen MR) is 101 cm³/mol. The van der Waals surface area contributed by atoms with E-state index >= 15 is 0 Å². The van der Waals surface area contributed by atoms with Crippen LogP contribution in [0.4, 0.5) is 0 Å². The third-order valence-corrected chi connectivity index (χ3v) is 4.99. The molecule has 0 aromatic heterocycles. The fourth-order valence-corrected chi connectivity index (χ4v) is 3.77. The summed E-state index contributed by atoms with van der Waals surface area (Å²) in [6.07, 6.45) is 4.90. The van der Waals surface area contributed by atoms with Gasteiger partial charge in [-0.05, 0) is 55.9 Å². The number of halogens is 1. The van der Waals surface area contributed by atoms with Gasteiger partial charge in [0.25, 0.3) is 0 Å². The lowest BCUT2D eigenvalue weighted by Gasteiger charge is -2.32. The molecule has 1 aliphatic heterocycles. The Bertz CT molecular complexity index is 492. The van der Waals surface area contributed by atoms with Gasteiger partial charge in [0.15, 0.2) is 0 Å². The average molecular weight is 354 g/mol. The molecule has 2 rings (SSSR count). The van der Waals surface area contributed by atoms with Crippen molar-refractivity contribution in [2.75, 3.05) is 0 Å². The van der Waals surface area contributed by atoms with Crippen molar-refractivity contribution in [1.82, 2.24) is 0 Å². The molecule has 0 saturated carbocycles. The van der Waals surface area contributed by atoms with Crippen LogP contribution in [0.5, 0.6) is 0 Å². The Morgan fingerprint density at radius 2 is 1.88 bits per heavy atom. The van der Waals surface area contributed by atoms with E-state index in [1.165, 1.54) is 5.56 Å². The van der Waals surface area contributed by atoms with Crippen molar-refractivity contribution in [3.05, 3.63) is 35.9 Å². The van der Waals surface area contributed by atoms with Crippen LogP contribution in [-0.4, -0.2) is 18.1 Å². The number of benzene rings is 1. The summed E-state index contributed by atoms with van der Waals surface area (Å²) < 4.78 is 5.70. The van der Waals surface area contributed by atoms with Gasteiger partial charge < -0.3 is 10.5 Å². The lowest BCUT2D eigenvalue weighted by Crippen LogP contribution is -2.37. The van der Waals surface area contributed by atoms with Crippen LogP contribution in [0.1, 0.15) is 52.0 Å². The van der Waals surface area contributed by atoms with Gasteiger partial charge in [0.05, 0.1) is 0 Å². The maximum Gasteiger partial charge on any atom is 0.323 e. The van der Waals surface area contributed by atoms with Crippen molar-refractivity contribution in [3.8, 4) is 0 Å². The SMILES string of the molecule is CC(C)C[C@@H]1[C@@H](Cc2ccccc2)CCC[C@H](N)C(=O)O[C@H]1C.Cl. The second-order valence-corrected chi connectivity index (χ2v) is 7.42. The van der Waals surface area contributed by atoms with Gasteiger partial charge in [-0.3, -0.25) is 4.79 Å². The standard InChI is InChI=1S/C20H31NO2.ClH/c1-14(2)12-18-15(3)23-20(22)19(21)11-7-10-17(18)13-16-8-5-4-6-9-16;/h4-6,8-9,14-15,17-19H,7,10-13,21H2,1-3H3;1H/t15-,17+,18-,19-;/m0./s1. The minimum absolute atomic E-state index is 0. The predicted octanol–water partition coefficient (Wildman–Crippen LogP) is 4.37. The molecular formula is C20H32ClNO2. The quantitative estimate of drug-likeness (QED) is 0.817. The molecular weight excluding hydrogens is 322 g/mol. The number of esters is 1. The molecule has 0 bridgehead atoms. The highest BCUT2D eigenvalue weighted by Gasteiger charge is 2.32. The van der Waals surface area contributed by atoms with Crippen molar-refractivity contribution in [1.29, 1.82) is 0 Å². The molecule has 0 radical (unpaired) electrons. The highest BCUT2D eigenvalue weighted by Crippen LogP contribution is 2.33. The van der Waals surface area contributed by atoms with Crippen LogP contribution in [0.15, 0.2) is 30.3 Å². The van der Waals surface area contributed by atoms with Gasteiger partial charge in [-0.25, -0.2) is 0 Å². The maximum atomic E-state index is 12.1. The van der Waals surface area contributed by atoms with Gasteiger partial charge in [-0.2, -0.15) is 0 Å². The summed E-state index contributed by atoms with van der Waals surface area (Å²) in [4.78, 5) is 12.1. The van der Waals surface area contributed by atoms with Crippen LogP contribution >= 0.6 is 12.4 Å². The Labute approximate surface area is 152 Å². The fourth-order valence-electron chi connectivity index (χ4n) is 3.77. The molecule has 1 heterocycles. The van der Waals surface area contributed by atoms with E-state index in [0.717, 1.165) is 32.1 Å². The summed E-state index contributed by atoms with van der Waals surface area (Å²) in [5.74, 6) is 1.29. The molecule has 0 amide bonds. The Hall–Kier alpha value is -1.06. The van der Waals surface area contributed by atoms with Gasteiger partial charge >= 0.3 is 5.97 Å². The minimum atomic E-state index is -0.465. The van der Waals surface area contributed by atoms with Gasteiger partial charge in [0, 0.05) is 0 Å². The van der Waals surface area contributed by atoms with Gasteiger partial charge in [-0.15, -0.1) is 12.4 Å². The van der Waals surface area contributed by atoms with E-state index in [1.807, 2.05) is 6.92 Å². The molecule has 1 aromatic carbocycles. The molecule has 0 spiro atoms. The van der Waals surface area contributed by atoms with Gasteiger partial charge in [-0.1, -0.05) is 50.6 Å². The zero-order valence-corrected chi connectivity index (χ0v) is 15.9. The number of nitrogens with two attached hydrogens (primary N) is 1. The summed E-state index contributed by atoms with van der Waals surface area (Å²) in [6, 6.07) is 10.2. The number of carbonyl (C=O) groups is 1. The molecule has 1 aliphatic rings. The Balaban J connectivity index is 0.00000288. The summed E-state index contributed by atoms with van der Waals surface area (Å²) in [5.41, 5.74) is 7.32. The molecule has 4 atom stereocenters. The number of ether oxygens (including phenoxy) is 1. The fraction of sp³-hybridized carbons (Fsp3) is 0.650. The van der Waals surface area contributed by atoms with Gasteiger partial charge in [0.2, 0.25) is 0 Å². The monoisotopic (exact) mass is 353 g/mol. The Morgan fingerprint density at radius 1 is 1.21 bits per heavy atom. The highest BCUT2D eigenvalue weighted by atomic mass is 35.5. The van der Waals surface area contributed by atoms with Crippen molar-refractivity contribution in [2.45, 2.75) is 65.0 Å². The molecule has 24 heavy (non-hydrogen) atoms. The Kier molecular flexibility index (Phi) is 8.79. The molecule has 0 unspecified atom stereocenters. The summed E-state index contributed by atoms with van der Waals surface area (Å²) >= 11 is 0. The topological polar surface area (TPSA) is 52.3 Å². The van der Waals surface area contributed by atoms with E-state index < -0.39 is 6.04 Å². The Morgan fingerprint density at radius 3 is 2.50 bits per heavy atom. The molecule has 1 saturated heterocycles. The third kappa shape index (κ3) is 6.10. The largest absolute Gasteiger partial charge is 0.461 e. The zero-order chi connectivity index (χ0) is 16.8. The summed E-state index contributed by atoms with van der Waals surface area (Å²) in [5, 5.41) is 0. The minimum Gasteiger partial charge on any atom is -0.461 e. The molecule has 0 aliphatic carbocycles. The van der Waals surface area contributed by atoms with Crippen molar-refractivity contribution in [2.24, 2.45) is 23.5 Å². The lowest BCUT2D eigenvalue weighted by atomic mass is 9.76. The van der Waals surface area contributed by atoms with Crippen LogP contribution in [0.2, 0.25) is 0 Å². The number of hydrogen-bond donors (Lipinski definition) is 1. The molecule has 3 nitrogen and oxygen atoms in total. The van der Waals surface area contributed by atoms with E-state index in [2.05, 4.69) is 44.2 Å². The van der Waals surface area contributed by atoms with Crippen molar-refractivity contribution >= 4 is 18.4 Å². The van der Waals surface area contributed by atoms with Crippen molar-refractivity contribution < 1.29 is 9.53 Å². The molecule has 1 fully saturated rings. The van der Waals surface area contributed by atoms with Gasteiger partial charge in [0.1, 0.15) is 12.1 Å². The van der Waals surface area contributed by atoms with E-state index in [4.69, 9.17) is 10.5 Å². The van der Waals surface area contributed by atoms with E-state index in [0.29, 0.717) is 17.8 Å². The van der Waals surface area contributed by atoms with E-state index in [1.54, 1.807) is 0 Å². The number of rotatable bonds is 4. The normalized spacial score (nSPS) is 28.3. The van der Waals surface area contributed by atoms with Crippen LogP contribution in [0.25, 0.3) is 0 Å². The zero-order valence-electron chi connectivity index (χ0n) is 15.1. The van der Waals surface area contributed by atoms with E-state index in [9.17, 15) is 4.79 Å². The summed E-state index contributed by atoms with van der Waals surface area (Å²) in [6.45, 7) is 6.53. The second-order valence-electron chi connectivity index (χ2n) is 7.42. The number of hydrogen-bond acceptors (Lipinski definition) is 3. The number of carbonyl (C=O) groups excluding carboxylic acids is 1. The molecule has 2 N–H and O–H groups in total. The molecule has 1 aromatic rings. The van der Waals surface area contributed by atoms with Crippen LogP contribution in [0.3, 0.4) is 0 Å². The molecule has 136 valence electrons. The first-order valence-electron chi connectivity index (χ1n) is 8.97. The smallest absolute Gasteiger partial charge is 0.323 e. The first-order valence-corrected chi connectivity index (χ1v) is 8.97. The average Bonchev–Trinajstić information content (AvgIpc) is 2.55. The molecule has 4 heteroatoms.